The number of hydrogen-bond acceptors (Lipinski definition) is 1. The fourth-order valence-electron chi connectivity index (χ4n) is 1.14. The molecule has 1 aromatic carbocycles. The largest absolute Gasteiger partial charge is 0.302 e. The summed E-state index contributed by atoms with van der Waals surface area (Å²) in [5.74, 6) is -0.0244. The van der Waals surface area contributed by atoms with Gasteiger partial charge in [0, 0.05) is 6.42 Å². The van der Waals surface area contributed by atoms with Crippen molar-refractivity contribution in [1.29, 1.82) is 0 Å². The van der Waals surface area contributed by atoms with E-state index in [4.69, 9.17) is 0 Å². The van der Waals surface area contributed by atoms with E-state index in [9.17, 15) is 9.18 Å². The second-order valence-electron chi connectivity index (χ2n) is 2.87. The van der Waals surface area contributed by atoms with Gasteiger partial charge in [0.2, 0.25) is 0 Å². The van der Waals surface area contributed by atoms with E-state index >= 15 is 0 Å². The Hall–Kier alpha value is -1.18. The summed E-state index contributed by atoms with van der Waals surface area (Å²) < 4.78 is 12.0. The Bertz CT molecular complexity index is 256. The summed E-state index contributed by atoms with van der Waals surface area (Å²) in [6.45, 7) is 1.84. The van der Waals surface area contributed by atoms with Crippen LogP contribution in [0.15, 0.2) is 30.3 Å². The Morgan fingerprint density at radius 2 is 2.00 bits per heavy atom. The van der Waals surface area contributed by atoms with E-state index in [-0.39, 0.29) is 12.3 Å². The molecule has 0 heterocycles. The molecular weight excluding hydrogens is 155 g/mol. The van der Waals surface area contributed by atoms with Crippen LogP contribution in [0.25, 0.3) is 0 Å². The summed E-state index contributed by atoms with van der Waals surface area (Å²) in [4.78, 5) is 10.2. The second kappa shape index (κ2) is 4.00. The Morgan fingerprint density at radius 1 is 1.42 bits per heavy atom. The van der Waals surface area contributed by atoms with Gasteiger partial charge in [0.25, 0.3) is 0 Å². The maximum atomic E-state index is 12.0. The number of carbonyl (C=O) groups is 1. The fourth-order valence-corrected chi connectivity index (χ4v) is 1.14. The Labute approximate surface area is 71.2 Å². The molecule has 0 bridgehead atoms. The van der Waals surface area contributed by atoms with Crippen molar-refractivity contribution in [2.45, 2.75) is 19.3 Å². The van der Waals surface area contributed by atoms with Gasteiger partial charge in [-0.25, -0.2) is 0 Å². The molecule has 0 aliphatic heterocycles. The smallest absolute Gasteiger partial charge is 0.261 e. The quantitative estimate of drug-likeness (QED) is 0.631. The molecule has 12 heavy (non-hydrogen) atoms. The van der Waals surface area contributed by atoms with Gasteiger partial charge < -0.3 is 0 Å². The first-order valence-electron chi connectivity index (χ1n) is 3.93. The van der Waals surface area contributed by atoms with Crippen molar-refractivity contribution in [3.05, 3.63) is 35.9 Å². The lowest BCUT2D eigenvalue weighted by Crippen LogP contribution is -1.98. The maximum Gasteiger partial charge on any atom is 0.302 e. The SMILES string of the molecule is CC(CC(=O)F)c1ccccc1. The lowest BCUT2D eigenvalue weighted by atomic mass is 9.98. The van der Waals surface area contributed by atoms with Crippen LogP contribution in [-0.2, 0) is 4.79 Å². The van der Waals surface area contributed by atoms with E-state index in [1.165, 1.54) is 0 Å². The van der Waals surface area contributed by atoms with E-state index in [1.807, 2.05) is 37.3 Å². The molecule has 0 fully saturated rings. The first-order chi connectivity index (χ1) is 5.70. The van der Waals surface area contributed by atoms with Crippen LogP contribution in [0.4, 0.5) is 4.39 Å². The third kappa shape index (κ3) is 2.46. The zero-order valence-electron chi connectivity index (χ0n) is 6.96. The summed E-state index contributed by atoms with van der Waals surface area (Å²) in [7, 11) is 0. The standard InChI is InChI=1S/C10H11FO/c1-8(7-10(11)12)9-5-3-2-4-6-9/h2-6,8H,7H2,1H3. The second-order valence-corrected chi connectivity index (χ2v) is 2.87. The van der Waals surface area contributed by atoms with Crippen molar-refractivity contribution in [2.24, 2.45) is 0 Å². The van der Waals surface area contributed by atoms with Crippen molar-refractivity contribution in [2.75, 3.05) is 0 Å². The molecule has 0 radical (unpaired) electrons. The van der Waals surface area contributed by atoms with Gasteiger partial charge in [-0.1, -0.05) is 37.3 Å². The minimum absolute atomic E-state index is 0.0238. The van der Waals surface area contributed by atoms with E-state index < -0.39 is 6.04 Å². The number of halogens is 1. The summed E-state index contributed by atoms with van der Waals surface area (Å²) in [5, 5.41) is 0. The number of hydrogen-bond donors (Lipinski definition) is 0. The third-order valence-electron chi connectivity index (χ3n) is 1.84. The van der Waals surface area contributed by atoms with Gasteiger partial charge in [0.05, 0.1) is 0 Å². The zero-order valence-corrected chi connectivity index (χ0v) is 6.96. The molecule has 1 unspecified atom stereocenters. The van der Waals surface area contributed by atoms with Crippen LogP contribution in [0, 0.1) is 0 Å². The number of rotatable bonds is 3. The minimum Gasteiger partial charge on any atom is -0.261 e. The van der Waals surface area contributed by atoms with Crippen molar-refractivity contribution in [3.8, 4) is 0 Å². The molecule has 1 rings (SSSR count). The van der Waals surface area contributed by atoms with Crippen molar-refractivity contribution in [3.63, 3.8) is 0 Å². The van der Waals surface area contributed by atoms with E-state index in [1.54, 1.807) is 0 Å². The molecule has 2 heteroatoms. The predicted molar refractivity (Wildman–Crippen MR) is 45.6 cm³/mol. The molecule has 0 N–H and O–H groups in total. The van der Waals surface area contributed by atoms with Gasteiger partial charge in [0.15, 0.2) is 0 Å². The highest BCUT2D eigenvalue weighted by Crippen LogP contribution is 2.18. The average Bonchev–Trinajstić information content (AvgIpc) is 2.05. The molecule has 1 aromatic rings. The molecule has 0 spiro atoms. The van der Waals surface area contributed by atoms with Crippen LogP contribution in [0.5, 0.6) is 0 Å². The molecule has 0 amide bonds. The lowest BCUT2D eigenvalue weighted by molar-refractivity contribution is -0.129. The Balaban J connectivity index is 2.65. The Kier molecular flexibility index (Phi) is 2.97. The van der Waals surface area contributed by atoms with Crippen LogP contribution in [0.3, 0.4) is 0 Å². The topological polar surface area (TPSA) is 17.1 Å². The number of carbonyl (C=O) groups excluding carboxylic acids is 1. The van der Waals surface area contributed by atoms with Gasteiger partial charge in [-0.15, -0.1) is 0 Å². The first kappa shape index (κ1) is 8.91. The highest BCUT2D eigenvalue weighted by Gasteiger charge is 2.09. The van der Waals surface area contributed by atoms with Crippen LogP contribution < -0.4 is 0 Å². The van der Waals surface area contributed by atoms with Gasteiger partial charge in [-0.05, 0) is 11.5 Å². The number of benzene rings is 1. The Morgan fingerprint density at radius 3 is 2.50 bits per heavy atom. The van der Waals surface area contributed by atoms with E-state index in [0.29, 0.717) is 0 Å². The zero-order chi connectivity index (χ0) is 8.97. The molecule has 1 atom stereocenters. The highest BCUT2D eigenvalue weighted by molar-refractivity contribution is 5.68. The minimum atomic E-state index is -1.24. The summed E-state index contributed by atoms with van der Waals surface area (Å²) in [6, 6.07) is 8.21. The molecule has 64 valence electrons. The van der Waals surface area contributed by atoms with Gasteiger partial charge >= 0.3 is 6.04 Å². The van der Waals surface area contributed by atoms with Crippen LogP contribution in [0.2, 0.25) is 0 Å². The van der Waals surface area contributed by atoms with Crippen LogP contribution in [-0.4, -0.2) is 6.04 Å². The molecule has 1 nitrogen and oxygen atoms in total. The lowest BCUT2D eigenvalue weighted by Gasteiger charge is -2.06. The molecule has 0 aromatic heterocycles. The van der Waals surface area contributed by atoms with E-state index in [2.05, 4.69) is 0 Å². The van der Waals surface area contributed by atoms with Gasteiger partial charge in [0.1, 0.15) is 0 Å². The normalized spacial score (nSPS) is 12.5. The summed E-state index contributed by atoms with van der Waals surface area (Å²) in [5.41, 5.74) is 1.00. The fraction of sp³-hybridized carbons (Fsp3) is 0.300. The summed E-state index contributed by atoms with van der Waals surface area (Å²) in [6.07, 6.45) is -0.0238. The molecule has 0 saturated heterocycles. The monoisotopic (exact) mass is 166 g/mol. The first-order valence-corrected chi connectivity index (χ1v) is 3.93. The van der Waals surface area contributed by atoms with Gasteiger partial charge in [-0.2, -0.15) is 4.39 Å². The van der Waals surface area contributed by atoms with Gasteiger partial charge in [-0.3, -0.25) is 4.79 Å². The molecule has 0 aliphatic carbocycles. The van der Waals surface area contributed by atoms with Crippen LogP contribution >= 0.6 is 0 Å². The third-order valence-corrected chi connectivity index (χ3v) is 1.84. The molecular formula is C10H11FO. The maximum absolute atomic E-state index is 12.0. The van der Waals surface area contributed by atoms with Crippen molar-refractivity contribution in [1.82, 2.24) is 0 Å². The summed E-state index contributed by atoms with van der Waals surface area (Å²) >= 11 is 0. The predicted octanol–water partition coefficient (Wildman–Crippen LogP) is 2.68. The average molecular weight is 166 g/mol. The van der Waals surface area contributed by atoms with Crippen LogP contribution in [0.1, 0.15) is 24.8 Å². The highest BCUT2D eigenvalue weighted by atomic mass is 19.1. The van der Waals surface area contributed by atoms with Crippen molar-refractivity contribution >= 4 is 6.04 Å². The van der Waals surface area contributed by atoms with E-state index in [0.717, 1.165) is 5.56 Å². The molecule has 0 aliphatic rings. The van der Waals surface area contributed by atoms with Crippen molar-refractivity contribution < 1.29 is 9.18 Å². The molecule has 0 saturated carbocycles.